The zero-order valence-electron chi connectivity index (χ0n) is 8.49. The lowest BCUT2D eigenvalue weighted by Crippen LogP contribution is -2.23. The molecule has 0 aromatic heterocycles. The van der Waals surface area contributed by atoms with Crippen LogP contribution in [0.15, 0.2) is 11.8 Å². The summed E-state index contributed by atoms with van der Waals surface area (Å²) in [5, 5.41) is 6.29. The standard InChI is InChI=1S/C7H16N2.C2H6/c1-4-7(2)9-6-5-8-3;1-2/h4,8-9H,5-6H2,1-3H3;1-2H3/b7-4+;. The molecular weight excluding hydrogens is 136 g/mol. The molecule has 2 nitrogen and oxygen atoms in total. The number of rotatable bonds is 4. The molecule has 0 unspecified atom stereocenters. The van der Waals surface area contributed by atoms with Gasteiger partial charge in [0.25, 0.3) is 0 Å². The van der Waals surface area contributed by atoms with Crippen molar-refractivity contribution < 1.29 is 0 Å². The third-order valence-corrected chi connectivity index (χ3v) is 1.21. The molecule has 0 saturated heterocycles. The Balaban J connectivity index is 0. The number of likely N-dealkylation sites (N-methyl/N-ethyl adjacent to an activating group) is 1. The molecule has 0 aliphatic carbocycles. The highest BCUT2D eigenvalue weighted by atomic mass is 14.9. The van der Waals surface area contributed by atoms with Crippen molar-refractivity contribution in [2.45, 2.75) is 27.7 Å². The SMILES string of the molecule is C/C=C(\C)NCCNC.CC. The van der Waals surface area contributed by atoms with Gasteiger partial charge in [-0.25, -0.2) is 0 Å². The monoisotopic (exact) mass is 158 g/mol. The summed E-state index contributed by atoms with van der Waals surface area (Å²) < 4.78 is 0. The van der Waals surface area contributed by atoms with E-state index in [4.69, 9.17) is 0 Å². The fourth-order valence-electron chi connectivity index (χ4n) is 0.487. The van der Waals surface area contributed by atoms with Crippen LogP contribution in [0.25, 0.3) is 0 Å². The van der Waals surface area contributed by atoms with Crippen molar-refractivity contribution in [1.82, 2.24) is 10.6 Å². The molecule has 0 saturated carbocycles. The van der Waals surface area contributed by atoms with Crippen molar-refractivity contribution in [3.05, 3.63) is 11.8 Å². The molecule has 0 rings (SSSR count). The molecule has 0 radical (unpaired) electrons. The predicted octanol–water partition coefficient (Wildman–Crippen LogP) is 1.75. The van der Waals surface area contributed by atoms with Crippen LogP contribution in [0.1, 0.15) is 27.7 Å². The lowest BCUT2D eigenvalue weighted by atomic mass is 10.4. The maximum atomic E-state index is 3.23. The number of hydrogen-bond donors (Lipinski definition) is 2. The largest absolute Gasteiger partial charge is 0.388 e. The van der Waals surface area contributed by atoms with Gasteiger partial charge in [-0.1, -0.05) is 19.9 Å². The summed E-state index contributed by atoms with van der Waals surface area (Å²) in [6.45, 7) is 10.1. The van der Waals surface area contributed by atoms with Crippen LogP contribution in [0.4, 0.5) is 0 Å². The van der Waals surface area contributed by atoms with Crippen LogP contribution in [0.5, 0.6) is 0 Å². The summed E-state index contributed by atoms with van der Waals surface area (Å²) in [5.74, 6) is 0. The molecule has 0 fully saturated rings. The Morgan fingerprint density at radius 2 is 1.82 bits per heavy atom. The Morgan fingerprint density at radius 3 is 2.18 bits per heavy atom. The Morgan fingerprint density at radius 1 is 1.27 bits per heavy atom. The van der Waals surface area contributed by atoms with Gasteiger partial charge >= 0.3 is 0 Å². The molecule has 0 bridgehead atoms. The van der Waals surface area contributed by atoms with E-state index in [1.54, 1.807) is 0 Å². The third kappa shape index (κ3) is 12.6. The first-order chi connectivity index (χ1) is 5.31. The second kappa shape index (κ2) is 12.2. The van der Waals surface area contributed by atoms with Gasteiger partial charge in [0.1, 0.15) is 0 Å². The van der Waals surface area contributed by atoms with E-state index in [1.807, 2.05) is 27.8 Å². The first-order valence-corrected chi connectivity index (χ1v) is 4.32. The second-order valence-corrected chi connectivity index (χ2v) is 2.00. The first-order valence-electron chi connectivity index (χ1n) is 4.32. The van der Waals surface area contributed by atoms with Crippen LogP contribution in [-0.2, 0) is 0 Å². The van der Waals surface area contributed by atoms with E-state index in [0.29, 0.717) is 0 Å². The van der Waals surface area contributed by atoms with Gasteiger partial charge in [0.2, 0.25) is 0 Å². The summed E-state index contributed by atoms with van der Waals surface area (Å²) in [5.41, 5.74) is 1.24. The molecule has 68 valence electrons. The molecular formula is C9H22N2. The van der Waals surface area contributed by atoms with Gasteiger partial charge in [0.05, 0.1) is 0 Å². The van der Waals surface area contributed by atoms with Crippen molar-refractivity contribution in [3.63, 3.8) is 0 Å². The van der Waals surface area contributed by atoms with Gasteiger partial charge in [-0.2, -0.15) is 0 Å². The lowest BCUT2D eigenvalue weighted by Gasteiger charge is -2.03. The van der Waals surface area contributed by atoms with E-state index in [9.17, 15) is 0 Å². The molecule has 2 heteroatoms. The molecule has 0 spiro atoms. The van der Waals surface area contributed by atoms with Crippen LogP contribution in [0.2, 0.25) is 0 Å². The Labute approximate surface area is 71.1 Å². The van der Waals surface area contributed by atoms with E-state index in [-0.39, 0.29) is 0 Å². The smallest absolute Gasteiger partial charge is 0.0268 e. The van der Waals surface area contributed by atoms with Gasteiger partial charge in [-0.15, -0.1) is 0 Å². The maximum absolute atomic E-state index is 3.23. The molecule has 0 aromatic carbocycles. The van der Waals surface area contributed by atoms with Crippen molar-refractivity contribution >= 4 is 0 Å². The van der Waals surface area contributed by atoms with Crippen LogP contribution in [-0.4, -0.2) is 20.1 Å². The van der Waals surface area contributed by atoms with Crippen LogP contribution < -0.4 is 10.6 Å². The average Bonchev–Trinajstić information content (AvgIpc) is 2.08. The fraction of sp³-hybridized carbons (Fsp3) is 0.778. The van der Waals surface area contributed by atoms with Gasteiger partial charge in [0.15, 0.2) is 0 Å². The molecule has 0 aromatic rings. The van der Waals surface area contributed by atoms with Gasteiger partial charge < -0.3 is 10.6 Å². The van der Waals surface area contributed by atoms with E-state index < -0.39 is 0 Å². The summed E-state index contributed by atoms with van der Waals surface area (Å²) in [6.07, 6.45) is 2.07. The summed E-state index contributed by atoms with van der Waals surface area (Å²) in [6, 6.07) is 0. The van der Waals surface area contributed by atoms with Crippen molar-refractivity contribution in [1.29, 1.82) is 0 Å². The number of hydrogen-bond acceptors (Lipinski definition) is 2. The van der Waals surface area contributed by atoms with Gasteiger partial charge in [0, 0.05) is 18.8 Å². The van der Waals surface area contributed by atoms with Crippen LogP contribution >= 0.6 is 0 Å². The minimum atomic E-state index is 1.01. The summed E-state index contributed by atoms with van der Waals surface area (Å²) in [4.78, 5) is 0. The van der Waals surface area contributed by atoms with E-state index in [2.05, 4.69) is 23.6 Å². The average molecular weight is 158 g/mol. The summed E-state index contributed by atoms with van der Waals surface area (Å²) >= 11 is 0. The molecule has 2 N–H and O–H groups in total. The van der Waals surface area contributed by atoms with Crippen LogP contribution in [0, 0.1) is 0 Å². The topological polar surface area (TPSA) is 24.1 Å². The first kappa shape index (κ1) is 13.1. The fourth-order valence-corrected chi connectivity index (χ4v) is 0.487. The quantitative estimate of drug-likeness (QED) is 0.609. The molecule has 0 aliphatic heterocycles. The lowest BCUT2D eigenvalue weighted by molar-refractivity contribution is 0.716. The van der Waals surface area contributed by atoms with Gasteiger partial charge in [-0.05, 0) is 20.9 Å². The zero-order chi connectivity index (χ0) is 9.11. The predicted molar refractivity (Wildman–Crippen MR) is 52.7 cm³/mol. The van der Waals surface area contributed by atoms with Gasteiger partial charge in [-0.3, -0.25) is 0 Å². The third-order valence-electron chi connectivity index (χ3n) is 1.21. The van der Waals surface area contributed by atoms with Crippen molar-refractivity contribution in [3.8, 4) is 0 Å². The summed E-state index contributed by atoms with van der Waals surface area (Å²) in [7, 11) is 1.95. The maximum Gasteiger partial charge on any atom is 0.0268 e. The molecule has 0 amide bonds. The minimum Gasteiger partial charge on any atom is -0.388 e. The van der Waals surface area contributed by atoms with E-state index >= 15 is 0 Å². The zero-order valence-corrected chi connectivity index (χ0v) is 8.49. The normalized spacial score (nSPS) is 10.1. The second-order valence-electron chi connectivity index (χ2n) is 2.00. The molecule has 0 heterocycles. The highest BCUT2D eigenvalue weighted by molar-refractivity contribution is 4.91. The molecule has 0 aliphatic rings. The van der Waals surface area contributed by atoms with Crippen molar-refractivity contribution in [2.75, 3.05) is 20.1 Å². The molecule has 0 atom stereocenters. The highest BCUT2D eigenvalue weighted by Gasteiger charge is 1.82. The minimum absolute atomic E-state index is 1.01. The van der Waals surface area contributed by atoms with E-state index in [0.717, 1.165) is 13.1 Å². The van der Waals surface area contributed by atoms with E-state index in [1.165, 1.54) is 5.70 Å². The Bertz CT molecular complexity index is 87.6. The van der Waals surface area contributed by atoms with Crippen LogP contribution in [0.3, 0.4) is 0 Å². The Kier molecular flexibility index (Phi) is 14.5. The molecule has 11 heavy (non-hydrogen) atoms. The Hall–Kier alpha value is -0.500. The highest BCUT2D eigenvalue weighted by Crippen LogP contribution is 1.81. The number of allylic oxidation sites excluding steroid dienone is 2. The number of nitrogens with one attached hydrogen (secondary N) is 2. The van der Waals surface area contributed by atoms with Crippen molar-refractivity contribution in [2.24, 2.45) is 0 Å².